The summed E-state index contributed by atoms with van der Waals surface area (Å²) in [6, 6.07) is 12.8. The molecular formula is C17H18FN3. The SMILES string of the molecule is Cc1nc2ccccn2c1CN[C@H](C)c1ccccc1F. The summed E-state index contributed by atoms with van der Waals surface area (Å²) in [6.07, 6.45) is 2.00. The zero-order valence-corrected chi connectivity index (χ0v) is 12.2. The molecule has 0 amide bonds. The third kappa shape index (κ3) is 2.67. The molecular weight excluding hydrogens is 265 g/mol. The molecule has 4 heteroatoms. The largest absolute Gasteiger partial charge is 0.304 e. The number of imidazole rings is 1. The van der Waals surface area contributed by atoms with Crippen LogP contribution in [-0.4, -0.2) is 9.38 Å². The van der Waals surface area contributed by atoms with E-state index in [0.29, 0.717) is 12.1 Å². The van der Waals surface area contributed by atoms with Crippen molar-refractivity contribution in [2.24, 2.45) is 0 Å². The normalized spacial score (nSPS) is 12.7. The molecule has 21 heavy (non-hydrogen) atoms. The van der Waals surface area contributed by atoms with E-state index in [0.717, 1.165) is 17.0 Å². The van der Waals surface area contributed by atoms with Gasteiger partial charge in [-0.1, -0.05) is 24.3 Å². The van der Waals surface area contributed by atoms with Gasteiger partial charge in [0.1, 0.15) is 11.5 Å². The molecule has 1 atom stereocenters. The summed E-state index contributed by atoms with van der Waals surface area (Å²) in [5.74, 6) is -0.174. The van der Waals surface area contributed by atoms with E-state index in [4.69, 9.17) is 0 Å². The Morgan fingerprint density at radius 3 is 2.76 bits per heavy atom. The number of benzene rings is 1. The Bertz CT molecular complexity index is 764. The fourth-order valence-corrected chi connectivity index (χ4v) is 2.56. The molecule has 0 unspecified atom stereocenters. The lowest BCUT2D eigenvalue weighted by molar-refractivity contribution is 0.523. The minimum absolute atomic E-state index is 0.0557. The van der Waals surface area contributed by atoms with Crippen LogP contribution in [0.3, 0.4) is 0 Å². The predicted octanol–water partition coefficient (Wildman–Crippen LogP) is 3.63. The van der Waals surface area contributed by atoms with Crippen molar-refractivity contribution < 1.29 is 4.39 Å². The standard InChI is InChI=1S/C17H18FN3/c1-12(14-7-3-4-8-15(14)18)19-11-16-13(2)20-17-9-5-6-10-21(16)17/h3-10,12,19H,11H2,1-2H3/t12-/m1/s1. The van der Waals surface area contributed by atoms with Crippen molar-refractivity contribution in [2.45, 2.75) is 26.4 Å². The number of hydrogen-bond acceptors (Lipinski definition) is 2. The van der Waals surface area contributed by atoms with Gasteiger partial charge < -0.3 is 9.72 Å². The monoisotopic (exact) mass is 283 g/mol. The molecule has 0 radical (unpaired) electrons. The van der Waals surface area contributed by atoms with Crippen LogP contribution < -0.4 is 5.32 Å². The molecule has 3 aromatic rings. The second kappa shape index (κ2) is 5.66. The van der Waals surface area contributed by atoms with Gasteiger partial charge >= 0.3 is 0 Å². The van der Waals surface area contributed by atoms with Gasteiger partial charge in [0.15, 0.2) is 0 Å². The van der Waals surface area contributed by atoms with Gasteiger partial charge in [-0.3, -0.25) is 0 Å². The molecule has 3 rings (SSSR count). The first-order valence-electron chi connectivity index (χ1n) is 7.07. The lowest BCUT2D eigenvalue weighted by atomic mass is 10.1. The molecule has 1 N–H and O–H groups in total. The second-order valence-electron chi connectivity index (χ2n) is 5.20. The Morgan fingerprint density at radius 1 is 1.19 bits per heavy atom. The number of hydrogen-bond donors (Lipinski definition) is 1. The Labute approximate surface area is 123 Å². The van der Waals surface area contributed by atoms with Crippen LogP contribution in [-0.2, 0) is 6.54 Å². The number of aryl methyl sites for hydroxylation is 1. The summed E-state index contributed by atoms with van der Waals surface area (Å²) in [6.45, 7) is 4.61. The number of halogens is 1. The number of nitrogens with zero attached hydrogens (tertiary/aromatic N) is 2. The highest BCUT2D eigenvalue weighted by molar-refractivity contribution is 5.42. The first kappa shape index (κ1) is 13.8. The Hall–Kier alpha value is -2.20. The summed E-state index contributed by atoms with van der Waals surface area (Å²) >= 11 is 0. The Balaban J connectivity index is 1.81. The zero-order chi connectivity index (χ0) is 14.8. The molecule has 0 spiro atoms. The average molecular weight is 283 g/mol. The highest BCUT2D eigenvalue weighted by Gasteiger charge is 2.12. The van der Waals surface area contributed by atoms with Gasteiger partial charge in [-0.25, -0.2) is 9.37 Å². The smallest absolute Gasteiger partial charge is 0.137 e. The number of rotatable bonds is 4. The fourth-order valence-electron chi connectivity index (χ4n) is 2.56. The Kier molecular flexibility index (Phi) is 3.71. The number of aromatic nitrogens is 2. The van der Waals surface area contributed by atoms with Crippen molar-refractivity contribution in [3.8, 4) is 0 Å². The highest BCUT2D eigenvalue weighted by atomic mass is 19.1. The average Bonchev–Trinajstić information content (AvgIpc) is 2.81. The minimum atomic E-state index is -0.174. The van der Waals surface area contributed by atoms with Gasteiger partial charge in [0, 0.05) is 24.3 Å². The van der Waals surface area contributed by atoms with Crippen LogP contribution in [0.25, 0.3) is 5.65 Å². The van der Waals surface area contributed by atoms with Crippen LogP contribution >= 0.6 is 0 Å². The number of pyridine rings is 1. The maximum absolute atomic E-state index is 13.8. The molecule has 1 aromatic carbocycles. The molecule has 0 bridgehead atoms. The molecule has 2 aromatic heterocycles. The molecule has 0 fully saturated rings. The topological polar surface area (TPSA) is 29.3 Å². The number of fused-ring (bicyclic) bond motifs is 1. The summed E-state index contributed by atoms with van der Waals surface area (Å²) in [5.41, 5.74) is 3.72. The fraction of sp³-hybridized carbons (Fsp3) is 0.235. The second-order valence-corrected chi connectivity index (χ2v) is 5.20. The van der Waals surface area contributed by atoms with E-state index < -0.39 is 0 Å². The van der Waals surface area contributed by atoms with Crippen LogP contribution in [0.1, 0.15) is 29.9 Å². The maximum atomic E-state index is 13.8. The van der Waals surface area contributed by atoms with Crippen LogP contribution in [0.4, 0.5) is 4.39 Å². The molecule has 3 nitrogen and oxygen atoms in total. The first-order chi connectivity index (χ1) is 10.2. The minimum Gasteiger partial charge on any atom is -0.304 e. The van der Waals surface area contributed by atoms with E-state index in [1.807, 2.05) is 50.4 Å². The third-order valence-corrected chi connectivity index (χ3v) is 3.78. The summed E-state index contributed by atoms with van der Waals surface area (Å²) < 4.78 is 15.8. The summed E-state index contributed by atoms with van der Waals surface area (Å²) in [7, 11) is 0. The van der Waals surface area contributed by atoms with E-state index in [1.165, 1.54) is 6.07 Å². The van der Waals surface area contributed by atoms with Crippen molar-refractivity contribution in [2.75, 3.05) is 0 Å². The predicted molar refractivity (Wildman–Crippen MR) is 81.6 cm³/mol. The van der Waals surface area contributed by atoms with Crippen LogP contribution in [0.15, 0.2) is 48.7 Å². The van der Waals surface area contributed by atoms with Crippen LogP contribution in [0, 0.1) is 12.7 Å². The lowest BCUT2D eigenvalue weighted by Gasteiger charge is -2.15. The molecule has 0 aliphatic heterocycles. The quantitative estimate of drug-likeness (QED) is 0.792. The molecule has 2 heterocycles. The van der Waals surface area contributed by atoms with Gasteiger partial charge in [-0.05, 0) is 32.0 Å². The first-order valence-corrected chi connectivity index (χ1v) is 7.07. The third-order valence-electron chi connectivity index (χ3n) is 3.78. The van der Waals surface area contributed by atoms with E-state index in [9.17, 15) is 4.39 Å². The van der Waals surface area contributed by atoms with E-state index in [1.54, 1.807) is 6.07 Å². The van der Waals surface area contributed by atoms with Crippen LogP contribution in [0.2, 0.25) is 0 Å². The van der Waals surface area contributed by atoms with Crippen LogP contribution in [0.5, 0.6) is 0 Å². The van der Waals surface area contributed by atoms with Crippen molar-refractivity contribution in [1.29, 1.82) is 0 Å². The van der Waals surface area contributed by atoms with Gasteiger partial charge in [0.2, 0.25) is 0 Å². The van der Waals surface area contributed by atoms with Crippen molar-refractivity contribution in [3.63, 3.8) is 0 Å². The van der Waals surface area contributed by atoms with Gasteiger partial charge in [-0.15, -0.1) is 0 Å². The summed E-state index contributed by atoms with van der Waals surface area (Å²) in [4.78, 5) is 4.53. The van der Waals surface area contributed by atoms with E-state index in [-0.39, 0.29) is 11.9 Å². The van der Waals surface area contributed by atoms with Gasteiger partial charge in [0.05, 0.1) is 11.4 Å². The molecule has 0 aliphatic rings. The van der Waals surface area contributed by atoms with E-state index in [2.05, 4.69) is 14.7 Å². The highest BCUT2D eigenvalue weighted by Crippen LogP contribution is 2.18. The molecule has 0 aliphatic carbocycles. The molecule has 0 saturated heterocycles. The Morgan fingerprint density at radius 2 is 1.95 bits per heavy atom. The van der Waals surface area contributed by atoms with Crippen molar-refractivity contribution in [3.05, 3.63) is 71.4 Å². The molecule has 108 valence electrons. The van der Waals surface area contributed by atoms with Gasteiger partial charge in [-0.2, -0.15) is 0 Å². The van der Waals surface area contributed by atoms with Crippen molar-refractivity contribution >= 4 is 5.65 Å². The lowest BCUT2D eigenvalue weighted by Crippen LogP contribution is -2.20. The van der Waals surface area contributed by atoms with E-state index >= 15 is 0 Å². The number of nitrogens with one attached hydrogen (secondary N) is 1. The van der Waals surface area contributed by atoms with Crippen molar-refractivity contribution in [1.82, 2.24) is 14.7 Å². The summed E-state index contributed by atoms with van der Waals surface area (Å²) in [5, 5.41) is 3.37. The molecule has 0 saturated carbocycles. The zero-order valence-electron chi connectivity index (χ0n) is 12.2. The maximum Gasteiger partial charge on any atom is 0.137 e. The van der Waals surface area contributed by atoms with Gasteiger partial charge in [0.25, 0.3) is 0 Å².